The van der Waals surface area contributed by atoms with Gasteiger partial charge in [0.25, 0.3) is 0 Å². The number of rotatable bonds is 6. The van der Waals surface area contributed by atoms with Crippen LogP contribution in [0.4, 0.5) is 0 Å². The first kappa shape index (κ1) is 15.3. The number of hydrogen-bond acceptors (Lipinski definition) is 4. The van der Waals surface area contributed by atoms with E-state index in [1.807, 2.05) is 13.1 Å². The van der Waals surface area contributed by atoms with Crippen LogP contribution in [0.3, 0.4) is 0 Å². The second-order valence-corrected chi connectivity index (χ2v) is 5.48. The van der Waals surface area contributed by atoms with Crippen molar-refractivity contribution in [3.8, 4) is 5.75 Å². The molecule has 0 amide bonds. The van der Waals surface area contributed by atoms with Crippen molar-refractivity contribution in [2.24, 2.45) is 0 Å². The molecule has 0 atom stereocenters. The molecule has 0 radical (unpaired) electrons. The van der Waals surface area contributed by atoms with Gasteiger partial charge in [0, 0.05) is 31.7 Å². The number of likely N-dealkylation sites (N-methyl/N-ethyl adjacent to an activating group) is 1. The molecule has 0 bridgehead atoms. The van der Waals surface area contributed by atoms with Crippen molar-refractivity contribution in [2.75, 3.05) is 53.4 Å². The molecule has 4 nitrogen and oxygen atoms in total. The summed E-state index contributed by atoms with van der Waals surface area (Å²) in [5, 5.41) is 3.18. The van der Waals surface area contributed by atoms with Gasteiger partial charge in [-0.3, -0.25) is 4.90 Å². The van der Waals surface area contributed by atoms with Crippen LogP contribution in [0.2, 0.25) is 0 Å². The Kier molecular flexibility index (Phi) is 6.30. The van der Waals surface area contributed by atoms with Gasteiger partial charge in [0.2, 0.25) is 0 Å². The molecule has 1 aromatic rings. The van der Waals surface area contributed by atoms with E-state index in [0.717, 1.165) is 38.5 Å². The molecule has 1 saturated heterocycles. The maximum absolute atomic E-state index is 5.96. The summed E-state index contributed by atoms with van der Waals surface area (Å²) in [7, 11) is 4.17. The standard InChI is InChI=1S/C16H27N3O/c1-17-14-15-6-3-4-7-16(15)20-13-12-19-9-5-8-18(2)10-11-19/h3-4,6-7,17H,5,8-14H2,1-2H3. The lowest BCUT2D eigenvalue weighted by molar-refractivity contribution is 0.211. The van der Waals surface area contributed by atoms with Gasteiger partial charge in [-0.1, -0.05) is 18.2 Å². The van der Waals surface area contributed by atoms with E-state index < -0.39 is 0 Å². The van der Waals surface area contributed by atoms with Crippen LogP contribution in [-0.4, -0.2) is 63.2 Å². The Hall–Kier alpha value is -1.10. The summed E-state index contributed by atoms with van der Waals surface area (Å²) in [6, 6.07) is 8.27. The third-order valence-corrected chi connectivity index (χ3v) is 3.82. The molecular weight excluding hydrogens is 250 g/mol. The molecule has 0 unspecified atom stereocenters. The van der Waals surface area contributed by atoms with Gasteiger partial charge in [0.15, 0.2) is 0 Å². The average Bonchev–Trinajstić information content (AvgIpc) is 2.66. The average molecular weight is 277 g/mol. The zero-order valence-electron chi connectivity index (χ0n) is 12.8. The second-order valence-electron chi connectivity index (χ2n) is 5.48. The van der Waals surface area contributed by atoms with Crippen molar-refractivity contribution in [3.05, 3.63) is 29.8 Å². The Morgan fingerprint density at radius 3 is 2.85 bits per heavy atom. The van der Waals surface area contributed by atoms with Gasteiger partial charge in [-0.15, -0.1) is 0 Å². The molecule has 0 aliphatic carbocycles. The lowest BCUT2D eigenvalue weighted by Crippen LogP contribution is -2.32. The minimum absolute atomic E-state index is 0.768. The van der Waals surface area contributed by atoms with Gasteiger partial charge in [0.05, 0.1) is 0 Å². The van der Waals surface area contributed by atoms with Gasteiger partial charge < -0.3 is 15.0 Å². The van der Waals surface area contributed by atoms with Crippen molar-refractivity contribution < 1.29 is 4.74 Å². The lowest BCUT2D eigenvalue weighted by Gasteiger charge is -2.20. The number of nitrogens with zero attached hydrogens (tertiary/aromatic N) is 2. The highest BCUT2D eigenvalue weighted by molar-refractivity contribution is 5.33. The topological polar surface area (TPSA) is 27.7 Å². The summed E-state index contributed by atoms with van der Waals surface area (Å²) < 4.78 is 5.96. The normalized spacial score (nSPS) is 17.9. The van der Waals surface area contributed by atoms with Crippen LogP contribution >= 0.6 is 0 Å². The molecule has 0 saturated carbocycles. The van der Waals surface area contributed by atoms with E-state index in [-0.39, 0.29) is 0 Å². The van der Waals surface area contributed by atoms with E-state index >= 15 is 0 Å². The van der Waals surface area contributed by atoms with E-state index in [9.17, 15) is 0 Å². The predicted molar refractivity (Wildman–Crippen MR) is 83.3 cm³/mol. The fraction of sp³-hybridized carbons (Fsp3) is 0.625. The summed E-state index contributed by atoms with van der Waals surface area (Å²) >= 11 is 0. The van der Waals surface area contributed by atoms with E-state index in [4.69, 9.17) is 4.74 Å². The smallest absolute Gasteiger partial charge is 0.123 e. The largest absolute Gasteiger partial charge is 0.492 e. The van der Waals surface area contributed by atoms with E-state index in [1.165, 1.54) is 25.1 Å². The van der Waals surface area contributed by atoms with Crippen LogP contribution in [-0.2, 0) is 6.54 Å². The fourth-order valence-corrected chi connectivity index (χ4v) is 2.59. The zero-order valence-corrected chi connectivity index (χ0v) is 12.8. The molecule has 2 rings (SSSR count). The van der Waals surface area contributed by atoms with Gasteiger partial charge in [-0.05, 0) is 39.7 Å². The monoisotopic (exact) mass is 277 g/mol. The van der Waals surface area contributed by atoms with Crippen LogP contribution in [0.1, 0.15) is 12.0 Å². The number of hydrogen-bond donors (Lipinski definition) is 1. The lowest BCUT2D eigenvalue weighted by atomic mass is 10.2. The summed E-state index contributed by atoms with van der Waals surface area (Å²) in [4.78, 5) is 4.91. The van der Waals surface area contributed by atoms with Gasteiger partial charge in [-0.25, -0.2) is 0 Å². The Morgan fingerprint density at radius 2 is 2.00 bits per heavy atom. The minimum Gasteiger partial charge on any atom is -0.492 e. The van der Waals surface area contributed by atoms with Crippen molar-refractivity contribution in [1.82, 2.24) is 15.1 Å². The van der Waals surface area contributed by atoms with Crippen molar-refractivity contribution >= 4 is 0 Å². The Morgan fingerprint density at radius 1 is 1.15 bits per heavy atom. The van der Waals surface area contributed by atoms with Crippen LogP contribution in [0.15, 0.2) is 24.3 Å². The first-order valence-corrected chi connectivity index (χ1v) is 7.56. The molecule has 1 aromatic carbocycles. The highest BCUT2D eigenvalue weighted by Gasteiger charge is 2.11. The Bertz CT molecular complexity index is 397. The summed E-state index contributed by atoms with van der Waals surface area (Å²) in [5.74, 6) is 1.01. The molecule has 4 heteroatoms. The SMILES string of the molecule is CNCc1ccccc1OCCN1CCCN(C)CC1. The second kappa shape index (κ2) is 8.25. The Labute approximate surface area is 122 Å². The summed E-state index contributed by atoms with van der Waals surface area (Å²) in [6.07, 6.45) is 1.26. The molecule has 112 valence electrons. The molecule has 1 aliphatic rings. The van der Waals surface area contributed by atoms with Crippen LogP contribution in [0.5, 0.6) is 5.75 Å². The number of para-hydroxylation sites is 1. The van der Waals surface area contributed by atoms with Crippen molar-refractivity contribution in [2.45, 2.75) is 13.0 Å². The highest BCUT2D eigenvalue weighted by atomic mass is 16.5. The minimum atomic E-state index is 0.768. The van der Waals surface area contributed by atoms with Crippen LogP contribution < -0.4 is 10.1 Å². The third-order valence-electron chi connectivity index (χ3n) is 3.82. The Balaban J connectivity index is 1.77. The molecule has 1 fully saturated rings. The fourth-order valence-electron chi connectivity index (χ4n) is 2.59. The van der Waals surface area contributed by atoms with Gasteiger partial charge >= 0.3 is 0 Å². The van der Waals surface area contributed by atoms with Gasteiger partial charge in [-0.2, -0.15) is 0 Å². The van der Waals surface area contributed by atoms with Crippen molar-refractivity contribution in [3.63, 3.8) is 0 Å². The van der Waals surface area contributed by atoms with Gasteiger partial charge in [0.1, 0.15) is 12.4 Å². The summed E-state index contributed by atoms with van der Waals surface area (Å²) in [6.45, 7) is 7.35. The van der Waals surface area contributed by atoms with E-state index in [2.05, 4.69) is 40.4 Å². The van der Waals surface area contributed by atoms with Crippen LogP contribution in [0, 0.1) is 0 Å². The first-order valence-electron chi connectivity index (χ1n) is 7.56. The first-order chi connectivity index (χ1) is 9.79. The molecule has 1 heterocycles. The predicted octanol–water partition coefficient (Wildman–Crippen LogP) is 1.42. The molecule has 20 heavy (non-hydrogen) atoms. The number of benzene rings is 1. The highest BCUT2D eigenvalue weighted by Crippen LogP contribution is 2.17. The van der Waals surface area contributed by atoms with E-state index in [1.54, 1.807) is 0 Å². The molecular formula is C16H27N3O. The summed E-state index contributed by atoms with van der Waals surface area (Å²) in [5.41, 5.74) is 1.23. The number of ether oxygens (including phenoxy) is 1. The molecule has 0 spiro atoms. The third kappa shape index (κ3) is 4.78. The molecule has 0 aromatic heterocycles. The maximum Gasteiger partial charge on any atom is 0.123 e. The molecule has 1 N–H and O–H groups in total. The zero-order chi connectivity index (χ0) is 14.2. The molecule has 1 aliphatic heterocycles. The van der Waals surface area contributed by atoms with Crippen molar-refractivity contribution in [1.29, 1.82) is 0 Å². The maximum atomic E-state index is 5.96. The van der Waals surface area contributed by atoms with Crippen LogP contribution in [0.25, 0.3) is 0 Å². The quantitative estimate of drug-likeness (QED) is 0.851. The number of nitrogens with one attached hydrogen (secondary N) is 1. The van der Waals surface area contributed by atoms with E-state index in [0.29, 0.717) is 0 Å².